The molecule has 1 aromatic heterocycles. The number of nitrogens with one attached hydrogen (secondary N) is 1. The van der Waals surface area contributed by atoms with E-state index in [2.05, 4.69) is 14.9 Å². The maximum Gasteiger partial charge on any atom is 0.234 e. The lowest BCUT2D eigenvalue weighted by Gasteiger charge is -2.04. The van der Waals surface area contributed by atoms with Crippen LogP contribution in [-0.2, 0) is 29.5 Å². The molecule has 2 aromatic rings. The third kappa shape index (κ3) is 3.37. The number of fused-ring (bicyclic) bond motifs is 1. The van der Waals surface area contributed by atoms with Crippen LogP contribution >= 0.6 is 0 Å². The van der Waals surface area contributed by atoms with Gasteiger partial charge in [-0.25, -0.2) is 13.1 Å². The molecule has 110 valence electrons. The Morgan fingerprint density at radius 1 is 1.24 bits per heavy atom. The van der Waals surface area contributed by atoms with Crippen molar-refractivity contribution >= 4 is 16.1 Å². The third-order valence-corrected chi connectivity index (χ3v) is 4.40. The van der Waals surface area contributed by atoms with Crippen LogP contribution in [0.5, 0.6) is 0 Å². The molecule has 0 radical (unpaired) electrons. The molecule has 0 atom stereocenters. The normalized spacial score (nSPS) is 14.7. The molecule has 0 fully saturated rings. The average Bonchev–Trinajstić information content (AvgIpc) is 3.08. The zero-order valence-corrected chi connectivity index (χ0v) is 12.3. The van der Waals surface area contributed by atoms with Crippen LogP contribution in [0.3, 0.4) is 0 Å². The van der Waals surface area contributed by atoms with Crippen molar-refractivity contribution < 1.29 is 8.42 Å². The molecule has 1 aromatic carbocycles. The summed E-state index contributed by atoms with van der Waals surface area (Å²) in [5.41, 5.74) is 0.839. The van der Waals surface area contributed by atoms with E-state index in [9.17, 15) is 8.42 Å². The molecule has 0 aliphatic carbocycles. The fourth-order valence-corrected chi connectivity index (χ4v) is 3.05. The molecule has 0 amide bonds. The van der Waals surface area contributed by atoms with Crippen molar-refractivity contribution in [3.63, 3.8) is 0 Å². The second kappa shape index (κ2) is 5.79. The van der Waals surface area contributed by atoms with Crippen molar-refractivity contribution in [2.45, 2.75) is 25.9 Å². The van der Waals surface area contributed by atoms with Gasteiger partial charge in [0.15, 0.2) is 0 Å². The van der Waals surface area contributed by atoms with Crippen molar-refractivity contribution in [2.75, 3.05) is 0 Å². The van der Waals surface area contributed by atoms with E-state index >= 15 is 0 Å². The fraction of sp³-hybridized carbons (Fsp3) is 0.286. The minimum absolute atomic E-state index is 0.161. The van der Waals surface area contributed by atoms with Gasteiger partial charge >= 0.3 is 0 Å². The summed E-state index contributed by atoms with van der Waals surface area (Å²) in [6.45, 7) is 1.02. The van der Waals surface area contributed by atoms with E-state index in [-0.39, 0.29) is 6.54 Å². The van der Waals surface area contributed by atoms with Crippen molar-refractivity contribution in [1.29, 1.82) is 0 Å². The molecule has 2 heterocycles. The predicted octanol–water partition coefficient (Wildman–Crippen LogP) is 1.31. The molecule has 1 N–H and O–H groups in total. The zero-order valence-electron chi connectivity index (χ0n) is 11.4. The van der Waals surface area contributed by atoms with Crippen molar-refractivity contribution in [1.82, 2.24) is 19.5 Å². The van der Waals surface area contributed by atoms with E-state index in [4.69, 9.17) is 0 Å². The number of aromatic nitrogens is 3. The van der Waals surface area contributed by atoms with Gasteiger partial charge in [0.1, 0.15) is 11.6 Å². The molecule has 0 saturated carbocycles. The highest BCUT2D eigenvalue weighted by Gasteiger charge is 2.18. The van der Waals surface area contributed by atoms with Crippen molar-refractivity contribution in [2.24, 2.45) is 0 Å². The SMILES string of the molecule is O=S(=O)(/C=C/c1ccccc1)NCc1nnc2n1CCC2. The summed E-state index contributed by atoms with van der Waals surface area (Å²) in [4.78, 5) is 0. The summed E-state index contributed by atoms with van der Waals surface area (Å²) in [5, 5.41) is 9.24. The van der Waals surface area contributed by atoms with Gasteiger partial charge in [-0.1, -0.05) is 30.3 Å². The molecule has 0 spiro atoms. The van der Waals surface area contributed by atoms with Gasteiger partial charge < -0.3 is 4.57 Å². The summed E-state index contributed by atoms with van der Waals surface area (Å²) >= 11 is 0. The number of aryl methyl sites for hydroxylation is 1. The largest absolute Gasteiger partial charge is 0.314 e. The molecule has 21 heavy (non-hydrogen) atoms. The van der Waals surface area contributed by atoms with E-state index in [1.807, 2.05) is 34.9 Å². The standard InChI is InChI=1S/C14H16N4O2S/c19-21(20,10-8-12-5-2-1-3-6-12)15-11-14-17-16-13-7-4-9-18(13)14/h1-3,5-6,8,10,15H,4,7,9,11H2/b10-8+. The first-order valence-corrected chi connectivity index (χ1v) is 8.32. The van der Waals surface area contributed by atoms with Gasteiger partial charge in [0.25, 0.3) is 0 Å². The molecule has 6 nitrogen and oxygen atoms in total. The summed E-state index contributed by atoms with van der Waals surface area (Å²) in [5.74, 6) is 1.60. The van der Waals surface area contributed by atoms with Gasteiger partial charge in [-0.15, -0.1) is 10.2 Å². The van der Waals surface area contributed by atoms with E-state index in [1.165, 1.54) is 5.41 Å². The van der Waals surface area contributed by atoms with Gasteiger partial charge in [-0.2, -0.15) is 0 Å². The first-order chi connectivity index (χ1) is 10.1. The summed E-state index contributed by atoms with van der Waals surface area (Å²) in [6, 6.07) is 9.29. The predicted molar refractivity (Wildman–Crippen MR) is 79.6 cm³/mol. The van der Waals surface area contributed by atoms with Crippen LogP contribution in [-0.4, -0.2) is 23.2 Å². The molecule has 0 bridgehead atoms. The highest BCUT2D eigenvalue weighted by molar-refractivity contribution is 7.92. The highest BCUT2D eigenvalue weighted by atomic mass is 32.2. The van der Waals surface area contributed by atoms with E-state index in [0.717, 1.165) is 30.8 Å². The minimum Gasteiger partial charge on any atom is -0.314 e. The van der Waals surface area contributed by atoms with Crippen LogP contribution in [0, 0.1) is 0 Å². The molecular weight excluding hydrogens is 288 g/mol. The van der Waals surface area contributed by atoms with Crippen LogP contribution in [0.4, 0.5) is 0 Å². The zero-order chi connectivity index (χ0) is 14.7. The summed E-state index contributed by atoms with van der Waals surface area (Å²) in [7, 11) is -3.48. The van der Waals surface area contributed by atoms with Crippen LogP contribution in [0.25, 0.3) is 6.08 Å². The maximum atomic E-state index is 11.9. The van der Waals surface area contributed by atoms with Crippen LogP contribution in [0.15, 0.2) is 35.7 Å². The lowest BCUT2D eigenvalue weighted by atomic mass is 10.2. The smallest absolute Gasteiger partial charge is 0.234 e. The van der Waals surface area contributed by atoms with Gasteiger partial charge in [0.2, 0.25) is 10.0 Å². The quantitative estimate of drug-likeness (QED) is 0.903. The summed E-state index contributed by atoms with van der Waals surface area (Å²) in [6.07, 6.45) is 3.52. The Kier molecular flexibility index (Phi) is 3.85. The Labute approximate surface area is 123 Å². The van der Waals surface area contributed by atoms with E-state index in [0.29, 0.717) is 5.82 Å². The number of hydrogen-bond acceptors (Lipinski definition) is 4. The van der Waals surface area contributed by atoms with Gasteiger partial charge in [0.05, 0.1) is 6.54 Å². The lowest BCUT2D eigenvalue weighted by Crippen LogP contribution is -2.22. The number of nitrogens with zero attached hydrogens (tertiary/aromatic N) is 3. The molecular formula is C14H16N4O2S. The second-order valence-electron chi connectivity index (χ2n) is 4.87. The summed E-state index contributed by atoms with van der Waals surface area (Å²) < 4.78 is 28.4. The number of benzene rings is 1. The Morgan fingerprint density at radius 3 is 2.86 bits per heavy atom. The van der Waals surface area contributed by atoms with Crippen molar-refractivity contribution in [3.05, 3.63) is 53.0 Å². The monoisotopic (exact) mass is 304 g/mol. The Morgan fingerprint density at radius 2 is 2.05 bits per heavy atom. The Balaban J connectivity index is 1.65. The van der Waals surface area contributed by atoms with Gasteiger partial charge in [-0.3, -0.25) is 0 Å². The molecule has 7 heteroatoms. The average molecular weight is 304 g/mol. The van der Waals surface area contributed by atoms with Gasteiger partial charge in [0, 0.05) is 18.4 Å². The topological polar surface area (TPSA) is 76.9 Å². The van der Waals surface area contributed by atoms with Gasteiger partial charge in [-0.05, 0) is 18.1 Å². The molecule has 3 rings (SSSR count). The molecule has 0 unspecified atom stereocenters. The Hall–Kier alpha value is -1.99. The minimum atomic E-state index is -3.48. The van der Waals surface area contributed by atoms with E-state index < -0.39 is 10.0 Å². The van der Waals surface area contributed by atoms with Crippen molar-refractivity contribution in [3.8, 4) is 0 Å². The maximum absolute atomic E-state index is 11.9. The van der Waals surface area contributed by atoms with Crippen LogP contribution in [0.2, 0.25) is 0 Å². The second-order valence-corrected chi connectivity index (χ2v) is 6.52. The van der Waals surface area contributed by atoms with E-state index in [1.54, 1.807) is 6.08 Å². The number of sulfonamides is 1. The highest BCUT2D eigenvalue weighted by Crippen LogP contribution is 2.14. The Bertz CT molecular complexity index is 751. The molecule has 1 aliphatic rings. The molecule has 1 aliphatic heterocycles. The number of hydrogen-bond donors (Lipinski definition) is 1. The fourth-order valence-electron chi connectivity index (χ4n) is 2.29. The first kappa shape index (κ1) is 14.0. The number of rotatable bonds is 5. The lowest BCUT2D eigenvalue weighted by molar-refractivity contribution is 0.584. The van der Waals surface area contributed by atoms with Crippen LogP contribution < -0.4 is 4.72 Å². The van der Waals surface area contributed by atoms with Crippen LogP contribution in [0.1, 0.15) is 23.6 Å². The molecule has 0 saturated heterocycles. The first-order valence-electron chi connectivity index (χ1n) is 6.78. The third-order valence-electron chi connectivity index (χ3n) is 3.36.